The van der Waals surface area contributed by atoms with Crippen LogP contribution in [0.3, 0.4) is 0 Å². The van der Waals surface area contributed by atoms with Crippen LogP contribution in [0, 0.1) is 6.92 Å². The molecule has 0 saturated carbocycles. The van der Waals surface area contributed by atoms with Crippen LogP contribution in [-0.2, 0) is 0 Å². The molecule has 3 rings (SSSR count). The molecule has 22 heavy (non-hydrogen) atoms. The number of amides is 1. The molecule has 0 spiro atoms. The van der Waals surface area contributed by atoms with Crippen LogP contribution in [-0.4, -0.2) is 23.0 Å². The summed E-state index contributed by atoms with van der Waals surface area (Å²) in [5, 5.41) is 3.70. The Morgan fingerprint density at radius 2 is 2.09 bits per heavy atom. The summed E-state index contributed by atoms with van der Waals surface area (Å²) in [6.07, 6.45) is 3.38. The number of nitrogens with one attached hydrogen (secondary N) is 1. The zero-order chi connectivity index (χ0) is 15.5. The molecule has 0 aliphatic heterocycles. The zero-order valence-electron chi connectivity index (χ0n) is 12.3. The largest absolute Gasteiger partial charge is 0.497 e. The summed E-state index contributed by atoms with van der Waals surface area (Å²) in [7, 11) is 1.59. The van der Waals surface area contributed by atoms with Gasteiger partial charge in [0.05, 0.1) is 23.9 Å². The monoisotopic (exact) mass is 293 g/mol. The van der Waals surface area contributed by atoms with Crippen molar-refractivity contribution in [2.75, 3.05) is 12.4 Å². The number of aromatic nitrogens is 2. The van der Waals surface area contributed by atoms with Crippen molar-refractivity contribution in [3.8, 4) is 5.75 Å². The van der Waals surface area contributed by atoms with Crippen molar-refractivity contribution in [3.63, 3.8) is 0 Å². The van der Waals surface area contributed by atoms with E-state index in [9.17, 15) is 4.79 Å². The van der Waals surface area contributed by atoms with Crippen LogP contribution in [0.15, 0.2) is 48.8 Å². The standard InChI is InChI=1S/C17H15N3O2/c1-11-15(8-12-10-18-7-6-16(12)19-11)17(21)20-13-4-3-5-14(9-13)22-2/h3-10H,1-2H3,(H,20,21). The molecule has 0 radical (unpaired) electrons. The highest BCUT2D eigenvalue weighted by Crippen LogP contribution is 2.20. The number of anilines is 1. The molecule has 0 bridgehead atoms. The topological polar surface area (TPSA) is 64.1 Å². The maximum atomic E-state index is 12.5. The molecule has 1 aromatic carbocycles. The van der Waals surface area contributed by atoms with Crippen LogP contribution < -0.4 is 10.1 Å². The summed E-state index contributed by atoms with van der Waals surface area (Å²) in [5.74, 6) is 0.486. The van der Waals surface area contributed by atoms with Gasteiger partial charge in [-0.15, -0.1) is 0 Å². The van der Waals surface area contributed by atoms with Gasteiger partial charge in [-0.3, -0.25) is 14.8 Å². The van der Waals surface area contributed by atoms with E-state index >= 15 is 0 Å². The first-order valence-corrected chi connectivity index (χ1v) is 6.84. The van der Waals surface area contributed by atoms with Crippen molar-refractivity contribution in [2.24, 2.45) is 0 Å². The molecular weight excluding hydrogens is 278 g/mol. The van der Waals surface area contributed by atoms with E-state index in [4.69, 9.17) is 4.74 Å². The minimum Gasteiger partial charge on any atom is -0.497 e. The van der Waals surface area contributed by atoms with Crippen LogP contribution in [0.25, 0.3) is 10.9 Å². The fourth-order valence-electron chi connectivity index (χ4n) is 2.24. The lowest BCUT2D eigenvalue weighted by Gasteiger charge is -2.09. The number of rotatable bonds is 3. The SMILES string of the molecule is COc1cccc(NC(=O)c2cc3cnccc3nc2C)c1. The quantitative estimate of drug-likeness (QED) is 0.805. The van der Waals surface area contributed by atoms with Gasteiger partial charge in [-0.25, -0.2) is 0 Å². The lowest BCUT2D eigenvalue weighted by molar-refractivity contribution is 0.102. The summed E-state index contributed by atoms with van der Waals surface area (Å²) >= 11 is 0. The average Bonchev–Trinajstić information content (AvgIpc) is 2.54. The van der Waals surface area contributed by atoms with E-state index in [2.05, 4.69) is 15.3 Å². The van der Waals surface area contributed by atoms with Gasteiger partial charge in [-0.1, -0.05) is 6.07 Å². The number of carbonyl (C=O) groups excluding carboxylic acids is 1. The van der Waals surface area contributed by atoms with Crippen LogP contribution in [0.4, 0.5) is 5.69 Å². The van der Waals surface area contributed by atoms with Gasteiger partial charge in [0.25, 0.3) is 5.91 Å². The number of hydrogen-bond acceptors (Lipinski definition) is 4. The minimum atomic E-state index is -0.205. The maximum absolute atomic E-state index is 12.5. The van der Waals surface area contributed by atoms with Gasteiger partial charge in [0.2, 0.25) is 0 Å². The van der Waals surface area contributed by atoms with E-state index in [0.29, 0.717) is 22.7 Å². The van der Waals surface area contributed by atoms with Crippen LogP contribution in [0.1, 0.15) is 16.1 Å². The molecule has 5 nitrogen and oxygen atoms in total. The third-order valence-electron chi connectivity index (χ3n) is 3.38. The lowest BCUT2D eigenvalue weighted by atomic mass is 10.1. The Morgan fingerprint density at radius 1 is 1.23 bits per heavy atom. The summed E-state index contributed by atoms with van der Waals surface area (Å²) in [6.45, 7) is 1.82. The number of nitrogens with zero attached hydrogens (tertiary/aromatic N) is 2. The summed E-state index contributed by atoms with van der Waals surface area (Å²) in [6, 6.07) is 10.9. The molecule has 1 amide bonds. The van der Waals surface area contributed by atoms with Gasteiger partial charge >= 0.3 is 0 Å². The van der Waals surface area contributed by atoms with E-state index < -0.39 is 0 Å². The molecule has 110 valence electrons. The molecule has 2 heterocycles. The predicted octanol–water partition coefficient (Wildman–Crippen LogP) is 3.20. The number of carbonyl (C=O) groups is 1. The average molecular weight is 293 g/mol. The van der Waals surface area contributed by atoms with Crippen LogP contribution in [0.2, 0.25) is 0 Å². The molecule has 0 aliphatic carbocycles. The molecule has 0 unspecified atom stereocenters. The second-order valence-corrected chi connectivity index (χ2v) is 4.88. The van der Waals surface area contributed by atoms with E-state index in [0.717, 1.165) is 10.9 Å². The highest BCUT2D eigenvalue weighted by atomic mass is 16.5. The molecular formula is C17H15N3O2. The fourth-order valence-corrected chi connectivity index (χ4v) is 2.24. The third-order valence-corrected chi connectivity index (χ3v) is 3.38. The predicted molar refractivity (Wildman–Crippen MR) is 85.2 cm³/mol. The highest BCUT2D eigenvalue weighted by Gasteiger charge is 2.12. The van der Waals surface area contributed by atoms with Gasteiger partial charge in [-0.05, 0) is 31.2 Å². The Hall–Kier alpha value is -2.95. The smallest absolute Gasteiger partial charge is 0.257 e. The Balaban J connectivity index is 1.92. The summed E-state index contributed by atoms with van der Waals surface area (Å²) in [4.78, 5) is 21.0. The number of hydrogen-bond donors (Lipinski definition) is 1. The van der Waals surface area contributed by atoms with E-state index in [1.165, 1.54) is 0 Å². The van der Waals surface area contributed by atoms with E-state index in [-0.39, 0.29) is 5.91 Å². The third kappa shape index (κ3) is 2.74. The van der Waals surface area contributed by atoms with E-state index in [1.54, 1.807) is 31.6 Å². The second kappa shape index (κ2) is 5.81. The van der Waals surface area contributed by atoms with Crippen molar-refractivity contribution >= 4 is 22.5 Å². The van der Waals surface area contributed by atoms with Crippen molar-refractivity contribution in [1.82, 2.24) is 9.97 Å². The maximum Gasteiger partial charge on any atom is 0.257 e. The molecule has 1 N–H and O–H groups in total. The Bertz CT molecular complexity index is 846. The number of aryl methyl sites for hydroxylation is 1. The fraction of sp³-hybridized carbons (Fsp3) is 0.118. The normalized spacial score (nSPS) is 10.5. The van der Waals surface area contributed by atoms with Gasteiger partial charge in [-0.2, -0.15) is 0 Å². The first-order chi connectivity index (χ1) is 10.7. The molecule has 0 atom stereocenters. The van der Waals surface area contributed by atoms with Gasteiger partial charge in [0, 0.05) is 29.5 Å². The Morgan fingerprint density at radius 3 is 2.91 bits per heavy atom. The van der Waals surface area contributed by atoms with Crippen LogP contribution in [0.5, 0.6) is 5.75 Å². The molecule has 0 saturated heterocycles. The van der Waals surface area contributed by atoms with Gasteiger partial charge in [0.1, 0.15) is 5.75 Å². The Labute approximate surface area is 128 Å². The number of benzene rings is 1. The molecule has 3 aromatic rings. The van der Waals surface area contributed by atoms with Crippen molar-refractivity contribution in [1.29, 1.82) is 0 Å². The number of ether oxygens (including phenoxy) is 1. The molecule has 5 heteroatoms. The number of pyridine rings is 2. The Kier molecular flexibility index (Phi) is 3.70. The summed E-state index contributed by atoms with van der Waals surface area (Å²) < 4.78 is 5.15. The summed E-state index contributed by atoms with van der Waals surface area (Å²) in [5.41, 5.74) is 2.71. The molecule has 0 fully saturated rings. The second-order valence-electron chi connectivity index (χ2n) is 4.88. The molecule has 2 aromatic heterocycles. The zero-order valence-corrected chi connectivity index (χ0v) is 12.3. The minimum absolute atomic E-state index is 0.205. The number of fused-ring (bicyclic) bond motifs is 1. The first-order valence-electron chi connectivity index (χ1n) is 6.84. The van der Waals surface area contributed by atoms with Gasteiger partial charge < -0.3 is 10.1 Å². The van der Waals surface area contributed by atoms with Crippen molar-refractivity contribution in [3.05, 3.63) is 60.0 Å². The number of methoxy groups -OCH3 is 1. The van der Waals surface area contributed by atoms with Crippen molar-refractivity contribution < 1.29 is 9.53 Å². The van der Waals surface area contributed by atoms with Crippen LogP contribution >= 0.6 is 0 Å². The van der Waals surface area contributed by atoms with Gasteiger partial charge in [0.15, 0.2) is 0 Å². The molecule has 0 aliphatic rings. The van der Waals surface area contributed by atoms with Crippen molar-refractivity contribution in [2.45, 2.75) is 6.92 Å². The lowest BCUT2D eigenvalue weighted by Crippen LogP contribution is -2.14. The first kappa shape index (κ1) is 14.0. The van der Waals surface area contributed by atoms with E-state index in [1.807, 2.05) is 31.2 Å². The highest BCUT2D eigenvalue weighted by molar-refractivity contribution is 6.06.